The first-order valence-corrected chi connectivity index (χ1v) is 12.4. The van der Waals surface area contributed by atoms with Crippen LogP contribution < -0.4 is 0 Å². The van der Waals surface area contributed by atoms with Crippen LogP contribution in [0.4, 0.5) is 0 Å². The molecule has 7 nitrogen and oxygen atoms in total. The number of aromatic hydroxyl groups is 6. The molecular formula is C33H22O7. The van der Waals surface area contributed by atoms with E-state index in [2.05, 4.69) is 0 Å². The van der Waals surface area contributed by atoms with Gasteiger partial charge in [-0.05, 0) is 22.3 Å². The molecule has 0 unspecified atom stereocenters. The molecule has 6 aromatic rings. The molecule has 0 aliphatic rings. The smallest absolute Gasteiger partial charge is 0.202 e. The van der Waals surface area contributed by atoms with Gasteiger partial charge in [-0.2, -0.15) is 0 Å². The van der Waals surface area contributed by atoms with Crippen LogP contribution in [-0.2, 0) is 0 Å². The number of fused-ring (bicyclic) bond motifs is 2. The minimum Gasteiger partial charge on any atom is -0.504 e. The van der Waals surface area contributed by atoms with Gasteiger partial charge in [0.15, 0.2) is 23.0 Å². The zero-order valence-corrected chi connectivity index (χ0v) is 20.8. The molecule has 0 saturated carbocycles. The summed E-state index contributed by atoms with van der Waals surface area (Å²) in [7, 11) is 0. The summed E-state index contributed by atoms with van der Waals surface area (Å²) in [5, 5.41) is 65.6. The average molecular weight is 531 g/mol. The summed E-state index contributed by atoms with van der Waals surface area (Å²) < 4.78 is 0. The fourth-order valence-corrected chi connectivity index (χ4v) is 5.29. The van der Waals surface area contributed by atoms with Crippen molar-refractivity contribution in [1.29, 1.82) is 0 Å². The first kappa shape index (κ1) is 24.6. The van der Waals surface area contributed by atoms with Crippen LogP contribution >= 0.6 is 0 Å². The van der Waals surface area contributed by atoms with Gasteiger partial charge in [0.25, 0.3) is 0 Å². The summed E-state index contributed by atoms with van der Waals surface area (Å²) in [6.45, 7) is 0. The largest absolute Gasteiger partial charge is 0.504 e. The van der Waals surface area contributed by atoms with Crippen LogP contribution in [0.15, 0.2) is 97.1 Å². The van der Waals surface area contributed by atoms with Crippen LogP contribution in [0.5, 0.6) is 34.5 Å². The molecule has 6 N–H and O–H groups in total. The van der Waals surface area contributed by atoms with Crippen LogP contribution in [0.1, 0.15) is 15.9 Å². The molecule has 0 aliphatic heterocycles. The standard InChI is InChI=1S/C33H22O7/c34-27(25-21-15-7-13-19(17-9-3-1-4-10-17)23(21)28(35)32(39)30(25)37)26-22-16-8-14-20(18-11-5-2-6-12-18)24(22)29(36)33(40)31(26)38/h1-16,35-40H. The minimum atomic E-state index is -0.939. The van der Waals surface area contributed by atoms with E-state index in [9.17, 15) is 35.4 Å². The second kappa shape index (κ2) is 9.25. The lowest BCUT2D eigenvalue weighted by atomic mass is 9.87. The molecule has 0 spiro atoms. The Kier molecular flexibility index (Phi) is 5.70. The van der Waals surface area contributed by atoms with Gasteiger partial charge < -0.3 is 30.6 Å². The second-order valence-electron chi connectivity index (χ2n) is 9.36. The van der Waals surface area contributed by atoms with E-state index in [1.165, 1.54) is 12.1 Å². The van der Waals surface area contributed by atoms with Crippen molar-refractivity contribution in [2.45, 2.75) is 0 Å². The van der Waals surface area contributed by atoms with Gasteiger partial charge in [-0.15, -0.1) is 0 Å². The third kappa shape index (κ3) is 3.56. The Bertz CT molecular complexity index is 1820. The van der Waals surface area contributed by atoms with E-state index in [1.54, 1.807) is 72.8 Å². The van der Waals surface area contributed by atoms with E-state index >= 15 is 0 Å². The molecule has 6 rings (SSSR count). The highest BCUT2D eigenvalue weighted by molar-refractivity contribution is 6.28. The van der Waals surface area contributed by atoms with Crippen molar-refractivity contribution in [3.63, 3.8) is 0 Å². The van der Waals surface area contributed by atoms with E-state index in [0.717, 1.165) is 0 Å². The van der Waals surface area contributed by atoms with Gasteiger partial charge in [-0.3, -0.25) is 4.79 Å². The lowest BCUT2D eigenvalue weighted by molar-refractivity contribution is 0.103. The molecule has 7 heteroatoms. The van der Waals surface area contributed by atoms with Crippen LogP contribution in [0.25, 0.3) is 43.8 Å². The van der Waals surface area contributed by atoms with Crippen LogP contribution in [0.3, 0.4) is 0 Å². The monoisotopic (exact) mass is 530 g/mol. The van der Waals surface area contributed by atoms with Crippen molar-refractivity contribution in [3.8, 4) is 56.8 Å². The molecule has 0 saturated heterocycles. The van der Waals surface area contributed by atoms with Crippen LogP contribution in [-0.4, -0.2) is 36.4 Å². The maximum absolute atomic E-state index is 14.2. The van der Waals surface area contributed by atoms with Gasteiger partial charge in [-0.25, -0.2) is 0 Å². The third-order valence-corrected chi connectivity index (χ3v) is 7.14. The summed E-state index contributed by atoms with van der Waals surface area (Å²) in [6, 6.07) is 27.7. The topological polar surface area (TPSA) is 138 Å². The Labute approximate surface area is 227 Å². The summed E-state index contributed by atoms with van der Waals surface area (Å²) in [5.74, 6) is -5.76. The number of hydrogen-bond donors (Lipinski definition) is 6. The highest BCUT2D eigenvalue weighted by Crippen LogP contribution is 2.52. The number of carbonyl (C=O) groups excluding carboxylic acids is 1. The first-order valence-electron chi connectivity index (χ1n) is 12.4. The summed E-state index contributed by atoms with van der Waals surface area (Å²) in [4.78, 5) is 14.2. The van der Waals surface area contributed by atoms with Gasteiger partial charge in [0.05, 0.1) is 11.1 Å². The van der Waals surface area contributed by atoms with Gasteiger partial charge in [-0.1, -0.05) is 97.1 Å². The van der Waals surface area contributed by atoms with Crippen LogP contribution in [0.2, 0.25) is 0 Å². The molecule has 6 aromatic carbocycles. The fourth-order valence-electron chi connectivity index (χ4n) is 5.29. The normalized spacial score (nSPS) is 11.2. The zero-order chi connectivity index (χ0) is 28.1. The van der Waals surface area contributed by atoms with E-state index in [4.69, 9.17) is 0 Å². The fraction of sp³-hybridized carbons (Fsp3) is 0. The second-order valence-corrected chi connectivity index (χ2v) is 9.36. The number of ketones is 1. The van der Waals surface area contributed by atoms with E-state index in [1.807, 2.05) is 12.1 Å². The Morgan fingerprint density at radius 1 is 0.400 bits per heavy atom. The summed E-state index contributed by atoms with van der Waals surface area (Å²) in [6.07, 6.45) is 0. The van der Waals surface area contributed by atoms with E-state index < -0.39 is 51.4 Å². The van der Waals surface area contributed by atoms with Crippen molar-refractivity contribution in [2.75, 3.05) is 0 Å². The molecule has 0 radical (unpaired) electrons. The van der Waals surface area contributed by atoms with E-state index in [0.29, 0.717) is 22.3 Å². The molecule has 40 heavy (non-hydrogen) atoms. The first-order chi connectivity index (χ1) is 19.3. The Morgan fingerprint density at radius 2 is 0.775 bits per heavy atom. The molecular weight excluding hydrogens is 508 g/mol. The highest BCUT2D eigenvalue weighted by atomic mass is 16.3. The molecule has 196 valence electrons. The predicted octanol–water partition coefficient (Wildman–Crippen LogP) is 6.79. The Balaban J connectivity index is 1.70. The SMILES string of the molecule is O=C(c1c(O)c(O)c(O)c2c(-c3ccccc3)cccc12)c1c(O)c(O)c(O)c2c(-c3ccccc3)cccc12. The molecule has 0 aliphatic carbocycles. The molecule has 0 heterocycles. The van der Waals surface area contributed by atoms with Crippen molar-refractivity contribution in [2.24, 2.45) is 0 Å². The predicted molar refractivity (Wildman–Crippen MR) is 152 cm³/mol. The highest BCUT2D eigenvalue weighted by Gasteiger charge is 2.31. The molecule has 0 aromatic heterocycles. The van der Waals surface area contributed by atoms with Crippen LogP contribution in [0, 0.1) is 0 Å². The summed E-state index contributed by atoms with van der Waals surface area (Å²) >= 11 is 0. The number of carbonyl (C=O) groups is 1. The number of rotatable bonds is 4. The number of phenolic OH excluding ortho intramolecular Hbond substituents is 6. The maximum Gasteiger partial charge on any atom is 0.202 e. The Morgan fingerprint density at radius 3 is 1.15 bits per heavy atom. The number of phenols is 6. The summed E-state index contributed by atoms with van der Waals surface area (Å²) in [5.41, 5.74) is 1.58. The van der Waals surface area contributed by atoms with Gasteiger partial charge in [0.2, 0.25) is 17.3 Å². The Hall–Kier alpha value is -5.69. The van der Waals surface area contributed by atoms with Gasteiger partial charge >= 0.3 is 0 Å². The van der Waals surface area contributed by atoms with E-state index in [-0.39, 0.29) is 21.5 Å². The lowest BCUT2D eigenvalue weighted by Gasteiger charge is -2.18. The lowest BCUT2D eigenvalue weighted by Crippen LogP contribution is -2.06. The average Bonchev–Trinajstić information content (AvgIpc) is 2.99. The van der Waals surface area contributed by atoms with Crippen molar-refractivity contribution >= 4 is 27.3 Å². The minimum absolute atomic E-state index is 0.110. The molecule has 0 amide bonds. The van der Waals surface area contributed by atoms with Crippen molar-refractivity contribution in [3.05, 3.63) is 108 Å². The third-order valence-electron chi connectivity index (χ3n) is 7.14. The molecule has 0 bridgehead atoms. The zero-order valence-electron chi connectivity index (χ0n) is 20.8. The van der Waals surface area contributed by atoms with Gasteiger partial charge in [0, 0.05) is 21.5 Å². The quantitative estimate of drug-likeness (QED) is 0.109. The maximum atomic E-state index is 14.2. The molecule has 0 atom stereocenters. The molecule has 0 fully saturated rings. The van der Waals surface area contributed by atoms with Gasteiger partial charge in [0.1, 0.15) is 0 Å². The number of hydrogen-bond acceptors (Lipinski definition) is 7. The van der Waals surface area contributed by atoms with Crippen molar-refractivity contribution in [1.82, 2.24) is 0 Å². The number of benzene rings is 6. The van der Waals surface area contributed by atoms with Crippen molar-refractivity contribution < 1.29 is 35.4 Å².